The maximum Gasteiger partial charge on any atom is 0.0716 e. The molecule has 3 nitrogen and oxygen atoms in total. The van der Waals surface area contributed by atoms with E-state index < -0.39 is 0 Å². The highest BCUT2D eigenvalue weighted by atomic mass is 15.0. The van der Waals surface area contributed by atoms with Gasteiger partial charge in [0, 0.05) is 30.2 Å². The molecule has 2 aromatic rings. The van der Waals surface area contributed by atoms with Crippen LogP contribution in [0, 0.1) is 0 Å². The van der Waals surface area contributed by atoms with Crippen molar-refractivity contribution in [3.63, 3.8) is 0 Å². The molecule has 1 aliphatic carbocycles. The lowest BCUT2D eigenvalue weighted by Gasteiger charge is -2.14. The Bertz CT molecular complexity index is 565. The van der Waals surface area contributed by atoms with Crippen molar-refractivity contribution in [2.45, 2.75) is 51.7 Å². The van der Waals surface area contributed by atoms with Crippen LogP contribution in [-0.2, 0) is 13.1 Å². The van der Waals surface area contributed by atoms with Gasteiger partial charge in [-0.1, -0.05) is 25.0 Å². The Labute approximate surface area is 114 Å². The molecule has 0 bridgehead atoms. The Kier molecular flexibility index (Phi) is 3.47. The summed E-state index contributed by atoms with van der Waals surface area (Å²) < 4.78 is 2.34. The van der Waals surface area contributed by atoms with Gasteiger partial charge in [0.25, 0.3) is 0 Å². The predicted molar refractivity (Wildman–Crippen MR) is 81.1 cm³/mol. The Hall–Kier alpha value is -1.48. The number of nitrogens with two attached hydrogens (primary N) is 1. The van der Waals surface area contributed by atoms with E-state index in [9.17, 15) is 0 Å². The zero-order valence-corrected chi connectivity index (χ0v) is 11.7. The normalized spacial score (nSPS) is 16.5. The third-order valence-electron chi connectivity index (χ3n) is 4.28. The number of fused-ring (bicyclic) bond motifs is 1. The van der Waals surface area contributed by atoms with E-state index in [1.165, 1.54) is 42.3 Å². The van der Waals surface area contributed by atoms with Crippen molar-refractivity contribution in [2.24, 2.45) is 0 Å². The summed E-state index contributed by atoms with van der Waals surface area (Å²) >= 11 is 0. The fourth-order valence-electron chi connectivity index (χ4n) is 3.30. The van der Waals surface area contributed by atoms with Gasteiger partial charge in [0.1, 0.15) is 0 Å². The molecule has 3 rings (SSSR count). The van der Waals surface area contributed by atoms with Crippen LogP contribution in [0.1, 0.15) is 38.3 Å². The summed E-state index contributed by atoms with van der Waals surface area (Å²) in [6, 6.07) is 9.16. The molecule has 0 spiro atoms. The number of aromatic nitrogens is 1. The highest BCUT2D eigenvalue weighted by Crippen LogP contribution is 2.26. The molecule has 0 amide bonds. The van der Waals surface area contributed by atoms with Crippen LogP contribution in [0.15, 0.2) is 24.3 Å². The molecule has 0 atom stereocenters. The van der Waals surface area contributed by atoms with Gasteiger partial charge in [-0.2, -0.15) is 0 Å². The summed E-state index contributed by atoms with van der Waals surface area (Å²) in [6.07, 6.45) is 5.41. The molecule has 3 N–H and O–H groups in total. The number of para-hydroxylation sites is 1. The first-order chi connectivity index (χ1) is 9.29. The number of aryl methyl sites for hydroxylation is 1. The lowest BCUT2D eigenvalue weighted by atomic mass is 10.2. The first kappa shape index (κ1) is 12.5. The zero-order valence-electron chi connectivity index (χ0n) is 11.7. The minimum atomic E-state index is 0.709. The van der Waals surface area contributed by atoms with Crippen LogP contribution in [0.2, 0.25) is 0 Å². The van der Waals surface area contributed by atoms with Crippen LogP contribution in [0.5, 0.6) is 0 Å². The molecular weight excluding hydrogens is 234 g/mol. The average Bonchev–Trinajstić information content (AvgIpc) is 3.03. The fraction of sp³-hybridized carbons (Fsp3) is 0.500. The smallest absolute Gasteiger partial charge is 0.0716 e. The second kappa shape index (κ2) is 5.25. The number of hydrogen-bond acceptors (Lipinski definition) is 2. The number of anilines is 1. The third kappa shape index (κ3) is 2.35. The quantitative estimate of drug-likeness (QED) is 0.825. The molecule has 1 heterocycles. The largest absolute Gasteiger partial charge is 0.397 e. The predicted octanol–water partition coefficient (Wildman–Crippen LogP) is 3.28. The molecular formula is C16H23N3. The van der Waals surface area contributed by atoms with Crippen molar-refractivity contribution in [3.05, 3.63) is 30.0 Å². The van der Waals surface area contributed by atoms with E-state index in [2.05, 4.69) is 28.9 Å². The van der Waals surface area contributed by atoms with E-state index in [0.29, 0.717) is 6.04 Å². The van der Waals surface area contributed by atoms with Crippen molar-refractivity contribution >= 4 is 16.6 Å². The fourth-order valence-corrected chi connectivity index (χ4v) is 3.30. The lowest BCUT2D eigenvalue weighted by molar-refractivity contribution is 0.510. The van der Waals surface area contributed by atoms with Crippen molar-refractivity contribution in [2.75, 3.05) is 5.73 Å². The van der Waals surface area contributed by atoms with E-state index in [1.807, 2.05) is 12.1 Å². The summed E-state index contributed by atoms with van der Waals surface area (Å²) in [5.74, 6) is 0. The van der Waals surface area contributed by atoms with Crippen molar-refractivity contribution < 1.29 is 0 Å². The summed E-state index contributed by atoms with van der Waals surface area (Å²) in [6.45, 7) is 4.11. The van der Waals surface area contributed by atoms with Gasteiger partial charge in [0.15, 0.2) is 0 Å². The van der Waals surface area contributed by atoms with E-state index >= 15 is 0 Å². The van der Waals surface area contributed by atoms with Gasteiger partial charge in [-0.15, -0.1) is 0 Å². The highest BCUT2D eigenvalue weighted by Gasteiger charge is 2.15. The summed E-state index contributed by atoms with van der Waals surface area (Å²) in [7, 11) is 0. The lowest BCUT2D eigenvalue weighted by Crippen LogP contribution is -2.26. The van der Waals surface area contributed by atoms with E-state index in [4.69, 9.17) is 5.73 Å². The van der Waals surface area contributed by atoms with Gasteiger partial charge in [-0.05, 0) is 31.9 Å². The van der Waals surface area contributed by atoms with Crippen LogP contribution in [0.4, 0.5) is 5.69 Å². The van der Waals surface area contributed by atoms with Gasteiger partial charge in [-0.3, -0.25) is 0 Å². The first-order valence-corrected chi connectivity index (χ1v) is 7.39. The second-order valence-corrected chi connectivity index (χ2v) is 5.53. The van der Waals surface area contributed by atoms with E-state index in [1.54, 1.807) is 0 Å². The number of nitrogen functional groups attached to an aromatic ring is 1. The number of nitrogens with one attached hydrogen (secondary N) is 1. The topological polar surface area (TPSA) is 43.0 Å². The Balaban J connectivity index is 1.87. The zero-order chi connectivity index (χ0) is 13.2. The van der Waals surface area contributed by atoms with Crippen molar-refractivity contribution in [1.29, 1.82) is 0 Å². The van der Waals surface area contributed by atoms with Crippen LogP contribution < -0.4 is 11.1 Å². The second-order valence-electron chi connectivity index (χ2n) is 5.53. The maximum atomic E-state index is 6.12. The number of benzene rings is 1. The molecule has 102 valence electrons. The molecule has 3 heteroatoms. The summed E-state index contributed by atoms with van der Waals surface area (Å²) in [5, 5.41) is 4.95. The number of nitrogens with zero attached hydrogens (tertiary/aromatic N) is 1. The Morgan fingerprint density at radius 3 is 2.84 bits per heavy atom. The molecule has 0 saturated heterocycles. The van der Waals surface area contributed by atoms with Gasteiger partial charge in [-0.25, -0.2) is 0 Å². The molecule has 19 heavy (non-hydrogen) atoms. The molecule has 0 unspecified atom stereocenters. The summed E-state index contributed by atoms with van der Waals surface area (Å²) in [4.78, 5) is 0. The van der Waals surface area contributed by atoms with Crippen LogP contribution in [0.25, 0.3) is 10.9 Å². The molecule has 1 aliphatic rings. The Morgan fingerprint density at radius 1 is 1.32 bits per heavy atom. The standard InChI is InChI=1S/C16H23N3/c1-2-19-14(11-18-13-7-3-4-8-13)10-12-6-5-9-15(17)16(12)19/h5-6,9-10,13,18H,2-4,7-8,11,17H2,1H3. The Morgan fingerprint density at radius 2 is 2.11 bits per heavy atom. The molecule has 0 radical (unpaired) electrons. The number of hydrogen-bond donors (Lipinski definition) is 2. The van der Waals surface area contributed by atoms with Gasteiger partial charge in [0.2, 0.25) is 0 Å². The molecule has 1 fully saturated rings. The van der Waals surface area contributed by atoms with E-state index in [-0.39, 0.29) is 0 Å². The SMILES string of the molecule is CCn1c(CNC2CCCC2)cc2cccc(N)c21. The van der Waals surface area contributed by atoms with Gasteiger partial charge < -0.3 is 15.6 Å². The minimum Gasteiger partial charge on any atom is -0.397 e. The third-order valence-corrected chi connectivity index (χ3v) is 4.28. The first-order valence-electron chi connectivity index (χ1n) is 7.39. The highest BCUT2D eigenvalue weighted by molar-refractivity contribution is 5.91. The van der Waals surface area contributed by atoms with Crippen LogP contribution in [-0.4, -0.2) is 10.6 Å². The van der Waals surface area contributed by atoms with Crippen LogP contribution >= 0.6 is 0 Å². The molecule has 1 saturated carbocycles. The average molecular weight is 257 g/mol. The van der Waals surface area contributed by atoms with Gasteiger partial charge in [0.05, 0.1) is 11.2 Å². The van der Waals surface area contributed by atoms with Gasteiger partial charge >= 0.3 is 0 Å². The maximum absolute atomic E-state index is 6.12. The molecule has 1 aromatic carbocycles. The van der Waals surface area contributed by atoms with E-state index in [0.717, 1.165) is 18.8 Å². The monoisotopic (exact) mass is 257 g/mol. The van der Waals surface area contributed by atoms with Crippen molar-refractivity contribution in [3.8, 4) is 0 Å². The van der Waals surface area contributed by atoms with Crippen LogP contribution in [0.3, 0.4) is 0 Å². The van der Waals surface area contributed by atoms with Crippen molar-refractivity contribution in [1.82, 2.24) is 9.88 Å². The number of rotatable bonds is 4. The summed E-state index contributed by atoms with van der Waals surface area (Å²) in [5.41, 5.74) is 9.54. The molecule has 0 aliphatic heterocycles. The molecule has 1 aromatic heterocycles. The minimum absolute atomic E-state index is 0.709.